The minimum Gasteiger partial charge on any atom is -0.389 e. The maximum Gasteiger partial charge on any atom is 0.109 e. The Morgan fingerprint density at radius 3 is 2.89 bits per heavy atom. The first-order valence-corrected chi connectivity index (χ1v) is 7.73. The predicted molar refractivity (Wildman–Crippen MR) is 82.0 cm³/mol. The van der Waals surface area contributed by atoms with Crippen LogP contribution in [0.2, 0.25) is 0 Å². The van der Waals surface area contributed by atoms with Crippen LogP contribution in [0.3, 0.4) is 0 Å². The van der Waals surface area contributed by atoms with Gasteiger partial charge in [0.1, 0.15) is 4.60 Å². The van der Waals surface area contributed by atoms with E-state index in [2.05, 4.69) is 40.5 Å². The molecule has 1 aromatic rings. The number of aliphatic hydroxyl groups is 1. The molecule has 0 radical (unpaired) electrons. The lowest BCUT2D eigenvalue weighted by molar-refractivity contribution is -0.103. The maximum absolute atomic E-state index is 11.0. The molecular formula is C16H22BrNO. The van der Waals surface area contributed by atoms with Gasteiger partial charge in [0.15, 0.2) is 0 Å². The minimum atomic E-state index is -0.637. The predicted octanol–water partition coefficient (Wildman–Crippen LogP) is 4.27. The molecule has 2 atom stereocenters. The maximum atomic E-state index is 11.0. The summed E-state index contributed by atoms with van der Waals surface area (Å²) in [5.74, 6) is 0. The van der Waals surface area contributed by atoms with Crippen molar-refractivity contribution in [3.63, 3.8) is 0 Å². The van der Waals surface area contributed by atoms with E-state index in [1.54, 1.807) is 6.20 Å². The average molecular weight is 324 g/mol. The van der Waals surface area contributed by atoms with E-state index in [1.807, 2.05) is 12.1 Å². The number of rotatable bonds is 4. The van der Waals surface area contributed by atoms with Crippen LogP contribution in [0.15, 0.2) is 35.6 Å². The van der Waals surface area contributed by atoms with E-state index >= 15 is 0 Å². The monoisotopic (exact) mass is 323 g/mol. The lowest BCUT2D eigenvalue weighted by Gasteiger charge is -2.48. The van der Waals surface area contributed by atoms with Gasteiger partial charge in [0.2, 0.25) is 0 Å². The number of aromatic nitrogens is 1. The summed E-state index contributed by atoms with van der Waals surface area (Å²) >= 11 is 3.51. The van der Waals surface area contributed by atoms with Crippen molar-refractivity contribution in [1.29, 1.82) is 0 Å². The van der Waals surface area contributed by atoms with Crippen LogP contribution < -0.4 is 0 Å². The van der Waals surface area contributed by atoms with Gasteiger partial charge in [-0.05, 0) is 53.2 Å². The standard InChI is InChI=1S/C16H22BrNO/c1-3-8-16(19)10-5-4-9-15(16,2)12-13-7-6-11-18-14(13)17/h3,6-7,11,19H,1,4-5,8-10,12H2,2H3/t15-,16+/m0/s1. The zero-order chi connectivity index (χ0) is 13.9. The van der Waals surface area contributed by atoms with Crippen molar-refractivity contribution in [1.82, 2.24) is 4.98 Å². The Kier molecular flexibility index (Phi) is 4.46. The molecular weight excluding hydrogens is 302 g/mol. The van der Waals surface area contributed by atoms with Gasteiger partial charge in [-0.2, -0.15) is 0 Å². The molecule has 0 aromatic carbocycles. The van der Waals surface area contributed by atoms with Crippen LogP contribution in [-0.4, -0.2) is 15.7 Å². The second kappa shape index (κ2) is 5.76. The number of hydrogen-bond acceptors (Lipinski definition) is 2. The molecule has 0 amide bonds. The first-order chi connectivity index (χ1) is 9.01. The van der Waals surface area contributed by atoms with Gasteiger partial charge in [-0.3, -0.25) is 0 Å². The highest BCUT2D eigenvalue weighted by atomic mass is 79.9. The second-order valence-corrected chi connectivity index (χ2v) is 6.67. The van der Waals surface area contributed by atoms with E-state index < -0.39 is 5.60 Å². The van der Waals surface area contributed by atoms with E-state index in [-0.39, 0.29) is 5.41 Å². The minimum absolute atomic E-state index is 0.106. The van der Waals surface area contributed by atoms with Crippen molar-refractivity contribution < 1.29 is 5.11 Å². The van der Waals surface area contributed by atoms with Gasteiger partial charge in [-0.25, -0.2) is 4.98 Å². The van der Waals surface area contributed by atoms with Crippen LogP contribution in [0, 0.1) is 5.41 Å². The van der Waals surface area contributed by atoms with Crippen LogP contribution in [-0.2, 0) is 6.42 Å². The first-order valence-electron chi connectivity index (χ1n) is 6.93. The molecule has 104 valence electrons. The van der Waals surface area contributed by atoms with E-state index in [0.717, 1.165) is 30.3 Å². The van der Waals surface area contributed by atoms with Gasteiger partial charge in [-0.15, -0.1) is 6.58 Å². The molecule has 0 unspecified atom stereocenters. The first kappa shape index (κ1) is 14.7. The van der Waals surface area contributed by atoms with E-state index in [4.69, 9.17) is 0 Å². The van der Waals surface area contributed by atoms with Crippen LogP contribution in [0.25, 0.3) is 0 Å². The topological polar surface area (TPSA) is 33.1 Å². The Morgan fingerprint density at radius 1 is 1.47 bits per heavy atom. The fourth-order valence-electron chi connectivity index (χ4n) is 3.28. The number of hydrogen-bond donors (Lipinski definition) is 1. The summed E-state index contributed by atoms with van der Waals surface area (Å²) < 4.78 is 0.891. The molecule has 1 fully saturated rings. The third kappa shape index (κ3) is 2.92. The van der Waals surface area contributed by atoms with Gasteiger partial charge in [0.05, 0.1) is 5.60 Å². The van der Waals surface area contributed by atoms with Gasteiger partial charge in [-0.1, -0.05) is 31.9 Å². The SMILES string of the molecule is C=CC[C@@]1(O)CCCC[C@@]1(C)Cc1cccnc1Br. The molecule has 0 bridgehead atoms. The number of nitrogens with zero attached hydrogens (tertiary/aromatic N) is 1. The van der Waals surface area contributed by atoms with E-state index in [9.17, 15) is 5.11 Å². The third-order valence-electron chi connectivity index (χ3n) is 4.59. The highest BCUT2D eigenvalue weighted by Crippen LogP contribution is 2.48. The normalized spacial score (nSPS) is 31.1. The molecule has 3 heteroatoms. The van der Waals surface area contributed by atoms with Gasteiger partial charge in [0, 0.05) is 11.6 Å². The Morgan fingerprint density at radius 2 is 2.21 bits per heavy atom. The molecule has 0 aliphatic heterocycles. The Labute approximate surface area is 124 Å². The molecule has 1 saturated carbocycles. The summed E-state index contributed by atoms with van der Waals surface area (Å²) in [7, 11) is 0. The zero-order valence-electron chi connectivity index (χ0n) is 11.5. The fourth-order valence-corrected chi connectivity index (χ4v) is 3.67. The summed E-state index contributed by atoms with van der Waals surface area (Å²) in [5.41, 5.74) is 0.433. The van der Waals surface area contributed by atoms with Gasteiger partial charge in [0.25, 0.3) is 0 Å². The molecule has 1 aromatic heterocycles. The number of pyridine rings is 1. The fraction of sp³-hybridized carbons (Fsp3) is 0.562. The number of halogens is 1. The molecule has 19 heavy (non-hydrogen) atoms. The molecule has 0 saturated heterocycles. The molecule has 2 rings (SSSR count). The Hall–Kier alpha value is -0.670. The van der Waals surface area contributed by atoms with Crippen molar-refractivity contribution in [2.75, 3.05) is 0 Å². The Balaban J connectivity index is 2.28. The highest BCUT2D eigenvalue weighted by molar-refractivity contribution is 9.10. The van der Waals surface area contributed by atoms with Gasteiger partial charge < -0.3 is 5.11 Å². The summed E-state index contributed by atoms with van der Waals surface area (Å²) in [6, 6.07) is 4.05. The van der Waals surface area contributed by atoms with Gasteiger partial charge >= 0.3 is 0 Å². The van der Waals surface area contributed by atoms with Crippen molar-refractivity contribution >= 4 is 15.9 Å². The third-order valence-corrected chi connectivity index (χ3v) is 5.31. The van der Waals surface area contributed by atoms with Crippen molar-refractivity contribution in [2.45, 2.75) is 51.0 Å². The zero-order valence-corrected chi connectivity index (χ0v) is 13.1. The largest absolute Gasteiger partial charge is 0.389 e. The lowest BCUT2D eigenvalue weighted by Crippen LogP contribution is -2.50. The van der Waals surface area contributed by atoms with Crippen molar-refractivity contribution in [3.8, 4) is 0 Å². The molecule has 1 N–H and O–H groups in total. The highest BCUT2D eigenvalue weighted by Gasteiger charge is 2.47. The van der Waals surface area contributed by atoms with Crippen LogP contribution in [0.5, 0.6) is 0 Å². The van der Waals surface area contributed by atoms with Crippen LogP contribution >= 0.6 is 15.9 Å². The van der Waals surface area contributed by atoms with E-state index in [0.29, 0.717) is 6.42 Å². The molecule has 1 heterocycles. The summed E-state index contributed by atoms with van der Waals surface area (Å²) in [4.78, 5) is 4.28. The Bertz CT molecular complexity index is 462. The molecule has 1 aliphatic rings. The summed E-state index contributed by atoms with van der Waals surface area (Å²) in [6.07, 6.45) is 9.37. The van der Waals surface area contributed by atoms with Crippen molar-refractivity contribution in [3.05, 3.63) is 41.2 Å². The summed E-state index contributed by atoms with van der Waals surface area (Å²) in [5, 5.41) is 11.0. The van der Waals surface area contributed by atoms with Crippen LogP contribution in [0.1, 0.15) is 44.6 Å². The lowest BCUT2D eigenvalue weighted by atomic mass is 9.60. The molecule has 1 aliphatic carbocycles. The quantitative estimate of drug-likeness (QED) is 0.662. The van der Waals surface area contributed by atoms with E-state index in [1.165, 1.54) is 12.0 Å². The van der Waals surface area contributed by atoms with Crippen LogP contribution in [0.4, 0.5) is 0 Å². The molecule has 0 spiro atoms. The van der Waals surface area contributed by atoms with Crippen molar-refractivity contribution in [2.24, 2.45) is 5.41 Å². The molecule has 2 nitrogen and oxygen atoms in total. The smallest absolute Gasteiger partial charge is 0.109 e. The average Bonchev–Trinajstić information content (AvgIpc) is 2.37. The summed E-state index contributed by atoms with van der Waals surface area (Å²) in [6.45, 7) is 6.01. The second-order valence-electron chi connectivity index (χ2n) is 5.92.